The van der Waals surface area contributed by atoms with Gasteiger partial charge in [-0.15, -0.1) is 11.8 Å². The first-order valence-corrected chi connectivity index (χ1v) is 5.80. The highest BCUT2D eigenvalue weighted by Gasteiger charge is 2.11. The molecule has 1 rings (SSSR count). The van der Waals surface area contributed by atoms with Crippen molar-refractivity contribution < 1.29 is 5.11 Å². The number of aryl methyl sites for hydroxylation is 1. The van der Waals surface area contributed by atoms with E-state index in [0.29, 0.717) is 16.9 Å². The van der Waals surface area contributed by atoms with Gasteiger partial charge in [0, 0.05) is 17.4 Å². The molecular weight excluding hydrogens is 210 g/mol. The Morgan fingerprint density at radius 3 is 2.67 bits per heavy atom. The molecule has 4 nitrogen and oxygen atoms in total. The largest absolute Gasteiger partial charge is 0.396 e. The van der Waals surface area contributed by atoms with E-state index < -0.39 is 0 Å². The van der Waals surface area contributed by atoms with Crippen LogP contribution in [0.2, 0.25) is 0 Å². The number of anilines is 1. The van der Waals surface area contributed by atoms with Crippen molar-refractivity contribution in [2.75, 3.05) is 12.3 Å². The molecule has 0 aliphatic heterocycles. The zero-order valence-electron chi connectivity index (χ0n) is 9.32. The summed E-state index contributed by atoms with van der Waals surface area (Å²) < 4.78 is 0. The minimum Gasteiger partial charge on any atom is -0.396 e. The molecule has 1 heterocycles. The van der Waals surface area contributed by atoms with E-state index in [9.17, 15) is 0 Å². The maximum atomic E-state index is 8.82. The van der Waals surface area contributed by atoms with Gasteiger partial charge >= 0.3 is 0 Å². The average molecular weight is 227 g/mol. The van der Waals surface area contributed by atoms with Crippen molar-refractivity contribution in [2.45, 2.75) is 37.5 Å². The van der Waals surface area contributed by atoms with E-state index in [1.165, 1.54) is 0 Å². The number of aromatic nitrogens is 2. The highest BCUT2D eigenvalue weighted by atomic mass is 32.2. The Morgan fingerprint density at radius 2 is 2.07 bits per heavy atom. The first-order valence-electron chi connectivity index (χ1n) is 4.92. The van der Waals surface area contributed by atoms with Crippen LogP contribution >= 0.6 is 11.8 Å². The molecule has 15 heavy (non-hydrogen) atoms. The summed E-state index contributed by atoms with van der Waals surface area (Å²) in [6, 6.07) is 0. The Hall–Kier alpha value is -0.810. The Labute approximate surface area is 94.3 Å². The van der Waals surface area contributed by atoms with Gasteiger partial charge in [0.2, 0.25) is 0 Å². The highest BCUT2D eigenvalue weighted by molar-refractivity contribution is 7.99. The van der Waals surface area contributed by atoms with Gasteiger partial charge in [0.15, 0.2) is 0 Å². The second kappa shape index (κ2) is 5.32. The smallest absolute Gasteiger partial charge is 0.131 e. The van der Waals surface area contributed by atoms with Gasteiger partial charge in [-0.2, -0.15) is 0 Å². The van der Waals surface area contributed by atoms with E-state index in [0.717, 1.165) is 17.0 Å². The number of rotatable bonds is 4. The fourth-order valence-electron chi connectivity index (χ4n) is 1.17. The Kier molecular flexibility index (Phi) is 4.35. The number of hydrogen-bond donors (Lipinski definition) is 2. The molecule has 5 heteroatoms. The monoisotopic (exact) mass is 227 g/mol. The molecule has 0 amide bonds. The first kappa shape index (κ1) is 12.3. The van der Waals surface area contributed by atoms with E-state index >= 15 is 0 Å². The highest BCUT2D eigenvalue weighted by Crippen LogP contribution is 2.28. The number of hydrogen-bond acceptors (Lipinski definition) is 5. The summed E-state index contributed by atoms with van der Waals surface area (Å²) in [6.07, 6.45) is 0.757. The zero-order chi connectivity index (χ0) is 11.4. The number of nitrogens with zero attached hydrogens (tertiary/aromatic N) is 2. The maximum Gasteiger partial charge on any atom is 0.131 e. The molecule has 1 atom stereocenters. The fraction of sp³-hybridized carbons (Fsp3) is 0.600. The summed E-state index contributed by atoms with van der Waals surface area (Å²) in [5.74, 6) is 1.23. The quantitative estimate of drug-likeness (QED) is 0.603. The SMILES string of the molecule is Cc1nc(N)c(C)c(SC(C)CCO)n1. The molecule has 0 aliphatic rings. The number of aliphatic hydroxyl groups is 1. The summed E-state index contributed by atoms with van der Waals surface area (Å²) in [4.78, 5) is 8.44. The molecule has 0 spiro atoms. The van der Waals surface area contributed by atoms with Crippen LogP contribution in [-0.4, -0.2) is 26.9 Å². The second-order valence-corrected chi connectivity index (χ2v) is 4.95. The average Bonchev–Trinajstić information content (AvgIpc) is 2.13. The molecule has 84 valence electrons. The topological polar surface area (TPSA) is 72.0 Å². The van der Waals surface area contributed by atoms with Crippen LogP contribution in [0, 0.1) is 13.8 Å². The normalized spacial score (nSPS) is 12.8. The minimum atomic E-state index is 0.201. The van der Waals surface area contributed by atoms with Crippen LogP contribution in [0.3, 0.4) is 0 Å². The minimum absolute atomic E-state index is 0.201. The summed E-state index contributed by atoms with van der Waals surface area (Å²) in [5, 5.41) is 10.1. The predicted molar refractivity (Wildman–Crippen MR) is 62.9 cm³/mol. The van der Waals surface area contributed by atoms with Gasteiger partial charge in [0.05, 0.1) is 0 Å². The molecule has 0 aromatic carbocycles. The summed E-state index contributed by atoms with van der Waals surface area (Å²) in [5.41, 5.74) is 6.68. The standard InChI is InChI=1S/C10H17N3OS/c1-6(4-5-14)15-10-7(2)9(11)12-8(3)13-10/h6,14H,4-5H2,1-3H3,(H2,11,12,13). The van der Waals surface area contributed by atoms with Gasteiger partial charge in [0.25, 0.3) is 0 Å². The van der Waals surface area contributed by atoms with Crippen molar-refractivity contribution in [1.82, 2.24) is 9.97 Å². The van der Waals surface area contributed by atoms with Gasteiger partial charge in [-0.05, 0) is 20.3 Å². The molecule has 3 N–H and O–H groups in total. The van der Waals surface area contributed by atoms with E-state index in [4.69, 9.17) is 10.8 Å². The lowest BCUT2D eigenvalue weighted by molar-refractivity contribution is 0.289. The van der Waals surface area contributed by atoms with Crippen LogP contribution in [0.15, 0.2) is 5.03 Å². The molecule has 0 fully saturated rings. The Balaban J connectivity index is 2.84. The van der Waals surface area contributed by atoms with Crippen molar-refractivity contribution in [3.63, 3.8) is 0 Å². The van der Waals surface area contributed by atoms with Crippen LogP contribution in [0.4, 0.5) is 5.82 Å². The third kappa shape index (κ3) is 3.35. The summed E-state index contributed by atoms with van der Waals surface area (Å²) in [7, 11) is 0. The summed E-state index contributed by atoms with van der Waals surface area (Å²) in [6.45, 7) is 6.01. The van der Waals surface area contributed by atoms with Crippen LogP contribution in [0.1, 0.15) is 24.7 Å². The van der Waals surface area contributed by atoms with Gasteiger partial charge in [-0.1, -0.05) is 6.92 Å². The lowest BCUT2D eigenvalue weighted by Gasteiger charge is -2.12. The first-order chi connectivity index (χ1) is 7.04. The fourth-order valence-corrected chi connectivity index (χ4v) is 2.24. The molecule has 1 aromatic heterocycles. The van der Waals surface area contributed by atoms with Crippen LogP contribution < -0.4 is 5.73 Å². The van der Waals surface area contributed by atoms with Gasteiger partial charge in [-0.25, -0.2) is 9.97 Å². The molecule has 1 unspecified atom stereocenters. The van der Waals surface area contributed by atoms with E-state index in [1.54, 1.807) is 11.8 Å². The van der Waals surface area contributed by atoms with E-state index in [1.807, 2.05) is 13.8 Å². The lowest BCUT2D eigenvalue weighted by atomic mass is 10.3. The van der Waals surface area contributed by atoms with Gasteiger partial charge < -0.3 is 10.8 Å². The molecule has 0 radical (unpaired) electrons. The number of aliphatic hydroxyl groups excluding tert-OH is 1. The molecule has 1 aromatic rings. The second-order valence-electron chi connectivity index (χ2n) is 3.53. The number of nitrogen functional groups attached to an aromatic ring is 1. The third-order valence-corrected chi connectivity index (χ3v) is 3.36. The van der Waals surface area contributed by atoms with Crippen LogP contribution in [0.5, 0.6) is 0 Å². The maximum absolute atomic E-state index is 8.82. The van der Waals surface area contributed by atoms with E-state index in [2.05, 4.69) is 16.9 Å². The van der Waals surface area contributed by atoms with E-state index in [-0.39, 0.29) is 6.61 Å². The van der Waals surface area contributed by atoms with Gasteiger partial charge in [-0.3, -0.25) is 0 Å². The molecule has 0 saturated heterocycles. The Bertz CT molecular complexity index is 344. The number of thioether (sulfide) groups is 1. The summed E-state index contributed by atoms with van der Waals surface area (Å²) >= 11 is 1.63. The predicted octanol–water partition coefficient (Wildman–Crippen LogP) is 1.54. The van der Waals surface area contributed by atoms with Crippen molar-refractivity contribution in [3.8, 4) is 0 Å². The van der Waals surface area contributed by atoms with Crippen molar-refractivity contribution in [1.29, 1.82) is 0 Å². The van der Waals surface area contributed by atoms with Crippen molar-refractivity contribution in [2.24, 2.45) is 0 Å². The lowest BCUT2D eigenvalue weighted by Crippen LogP contribution is -2.05. The molecule has 0 bridgehead atoms. The van der Waals surface area contributed by atoms with Gasteiger partial charge in [0.1, 0.15) is 16.7 Å². The zero-order valence-corrected chi connectivity index (χ0v) is 10.1. The van der Waals surface area contributed by atoms with Crippen LogP contribution in [-0.2, 0) is 0 Å². The number of nitrogens with two attached hydrogens (primary N) is 1. The molecule has 0 saturated carbocycles. The van der Waals surface area contributed by atoms with Crippen LogP contribution in [0.25, 0.3) is 0 Å². The molecule has 0 aliphatic carbocycles. The van der Waals surface area contributed by atoms with Crippen molar-refractivity contribution in [3.05, 3.63) is 11.4 Å². The van der Waals surface area contributed by atoms with Crippen molar-refractivity contribution >= 4 is 17.6 Å². The Morgan fingerprint density at radius 1 is 1.40 bits per heavy atom. The third-order valence-electron chi connectivity index (χ3n) is 2.10. The molecular formula is C10H17N3OS.